The van der Waals surface area contributed by atoms with Crippen molar-refractivity contribution in [2.45, 2.75) is 105 Å². The van der Waals surface area contributed by atoms with Gasteiger partial charge in [0.05, 0.1) is 0 Å². The van der Waals surface area contributed by atoms with Crippen LogP contribution in [0.25, 0.3) is 0 Å². The highest BCUT2D eigenvalue weighted by atomic mass is 16.1. The number of ketones is 1. The average molecular weight is 385 g/mol. The molecule has 4 rings (SSSR count). The number of hydrogen-bond acceptors (Lipinski definition) is 1. The lowest BCUT2D eigenvalue weighted by atomic mass is 9.47. The normalized spacial score (nSPS) is 43.9. The van der Waals surface area contributed by atoms with Crippen LogP contribution in [0.5, 0.6) is 0 Å². The maximum absolute atomic E-state index is 12.1. The van der Waals surface area contributed by atoms with Gasteiger partial charge in [0.1, 0.15) is 5.78 Å². The zero-order valence-electron chi connectivity index (χ0n) is 19.2. The second-order valence-corrected chi connectivity index (χ2v) is 12.0. The first kappa shape index (κ1) is 20.7. The van der Waals surface area contributed by atoms with E-state index in [1.54, 1.807) is 0 Å². The topological polar surface area (TPSA) is 17.1 Å². The van der Waals surface area contributed by atoms with Crippen LogP contribution in [0.2, 0.25) is 0 Å². The minimum atomic E-state index is 0.332. The van der Waals surface area contributed by atoms with E-state index in [1.165, 1.54) is 56.9 Å². The Bertz CT molecular complexity index is 630. The third-order valence-corrected chi connectivity index (χ3v) is 10.1. The minimum absolute atomic E-state index is 0.332. The Morgan fingerprint density at radius 3 is 2.57 bits per heavy atom. The Morgan fingerprint density at radius 1 is 1.04 bits per heavy atom. The first-order valence-electron chi connectivity index (χ1n) is 12.5. The highest BCUT2D eigenvalue weighted by Crippen LogP contribution is 2.67. The van der Waals surface area contributed by atoms with Crippen molar-refractivity contribution >= 4 is 5.78 Å². The molecular weight excluding hydrogens is 340 g/mol. The number of rotatable bonds is 5. The van der Waals surface area contributed by atoms with Gasteiger partial charge >= 0.3 is 0 Å². The molecule has 4 aliphatic carbocycles. The van der Waals surface area contributed by atoms with Crippen molar-refractivity contribution in [3.05, 3.63) is 11.6 Å². The molecule has 0 N–H and O–H groups in total. The number of allylic oxidation sites excluding steroid dienone is 2. The quantitative estimate of drug-likeness (QED) is 0.446. The van der Waals surface area contributed by atoms with Crippen molar-refractivity contribution < 1.29 is 4.79 Å². The summed E-state index contributed by atoms with van der Waals surface area (Å²) in [6, 6.07) is 0. The summed E-state index contributed by atoms with van der Waals surface area (Å²) in [5.41, 5.74) is 2.43. The summed E-state index contributed by atoms with van der Waals surface area (Å²) in [6.07, 6.45) is 16.5. The largest absolute Gasteiger partial charge is 0.299 e. The first-order chi connectivity index (χ1) is 13.3. The SMILES string of the molecule is CC(C)CCCC(C)C1CCC2C3CC=C4CC(=O)CCC4(C)C3CCC12C. The van der Waals surface area contributed by atoms with E-state index in [2.05, 4.69) is 40.7 Å². The van der Waals surface area contributed by atoms with Crippen LogP contribution in [0.3, 0.4) is 0 Å². The lowest BCUT2D eigenvalue weighted by molar-refractivity contribution is -0.122. The molecule has 28 heavy (non-hydrogen) atoms. The van der Waals surface area contributed by atoms with E-state index < -0.39 is 0 Å². The number of carbonyl (C=O) groups is 1. The first-order valence-corrected chi connectivity index (χ1v) is 12.5. The summed E-state index contributed by atoms with van der Waals surface area (Å²) in [4.78, 5) is 12.1. The van der Waals surface area contributed by atoms with Crippen LogP contribution in [0.15, 0.2) is 11.6 Å². The maximum Gasteiger partial charge on any atom is 0.136 e. The predicted molar refractivity (Wildman–Crippen MR) is 118 cm³/mol. The number of hydrogen-bond donors (Lipinski definition) is 0. The lowest BCUT2D eigenvalue weighted by Gasteiger charge is -2.58. The van der Waals surface area contributed by atoms with E-state index in [0.29, 0.717) is 16.6 Å². The minimum Gasteiger partial charge on any atom is -0.299 e. The highest BCUT2D eigenvalue weighted by molar-refractivity contribution is 5.82. The van der Waals surface area contributed by atoms with Crippen LogP contribution >= 0.6 is 0 Å². The molecule has 7 unspecified atom stereocenters. The second-order valence-electron chi connectivity index (χ2n) is 12.0. The molecule has 3 saturated carbocycles. The second kappa shape index (κ2) is 7.59. The summed E-state index contributed by atoms with van der Waals surface area (Å²) < 4.78 is 0. The van der Waals surface area contributed by atoms with Gasteiger partial charge in [-0.3, -0.25) is 4.79 Å². The fourth-order valence-electron chi connectivity index (χ4n) is 8.50. The molecule has 158 valence electrons. The Labute approximate surface area is 174 Å². The molecule has 0 aromatic rings. The molecule has 0 aliphatic heterocycles. The molecule has 4 aliphatic rings. The van der Waals surface area contributed by atoms with Gasteiger partial charge in [0.25, 0.3) is 0 Å². The van der Waals surface area contributed by atoms with Crippen molar-refractivity contribution in [2.24, 2.45) is 46.3 Å². The number of carbonyl (C=O) groups excluding carboxylic acids is 1. The van der Waals surface area contributed by atoms with Crippen molar-refractivity contribution in [1.29, 1.82) is 0 Å². The van der Waals surface area contributed by atoms with E-state index in [0.717, 1.165) is 54.8 Å². The summed E-state index contributed by atoms with van der Waals surface area (Å²) in [5, 5.41) is 0. The smallest absolute Gasteiger partial charge is 0.136 e. The fraction of sp³-hybridized carbons (Fsp3) is 0.889. The Hall–Kier alpha value is -0.590. The molecule has 0 heterocycles. The molecule has 0 aromatic carbocycles. The Kier molecular flexibility index (Phi) is 5.60. The zero-order chi connectivity index (χ0) is 20.1. The molecule has 1 nitrogen and oxygen atoms in total. The van der Waals surface area contributed by atoms with Gasteiger partial charge in [-0.15, -0.1) is 0 Å². The van der Waals surface area contributed by atoms with Gasteiger partial charge < -0.3 is 0 Å². The summed E-state index contributed by atoms with van der Waals surface area (Å²) in [5.74, 6) is 5.82. The molecule has 0 spiro atoms. The van der Waals surface area contributed by atoms with Crippen molar-refractivity contribution in [1.82, 2.24) is 0 Å². The molecule has 7 atom stereocenters. The molecule has 1 heteroatoms. The third-order valence-electron chi connectivity index (χ3n) is 10.1. The summed E-state index contributed by atoms with van der Waals surface area (Å²) >= 11 is 0. The molecule has 0 aromatic heterocycles. The van der Waals surface area contributed by atoms with Gasteiger partial charge in [-0.2, -0.15) is 0 Å². The van der Waals surface area contributed by atoms with Crippen LogP contribution < -0.4 is 0 Å². The molecule has 0 saturated heterocycles. The number of Topliss-reactive ketones (excluding diaryl/α,β-unsaturated/α-hetero) is 1. The highest BCUT2D eigenvalue weighted by Gasteiger charge is 2.59. The Balaban J connectivity index is 1.50. The maximum atomic E-state index is 12.1. The zero-order valence-corrected chi connectivity index (χ0v) is 19.2. The van der Waals surface area contributed by atoms with Crippen LogP contribution in [-0.2, 0) is 4.79 Å². The van der Waals surface area contributed by atoms with E-state index in [9.17, 15) is 4.79 Å². The van der Waals surface area contributed by atoms with Gasteiger partial charge in [0, 0.05) is 12.8 Å². The monoisotopic (exact) mass is 384 g/mol. The van der Waals surface area contributed by atoms with Gasteiger partial charge in [-0.25, -0.2) is 0 Å². The van der Waals surface area contributed by atoms with Crippen molar-refractivity contribution in [3.8, 4) is 0 Å². The van der Waals surface area contributed by atoms with Crippen LogP contribution in [-0.4, -0.2) is 5.78 Å². The summed E-state index contributed by atoms with van der Waals surface area (Å²) in [6.45, 7) is 12.5. The van der Waals surface area contributed by atoms with Crippen molar-refractivity contribution in [3.63, 3.8) is 0 Å². The van der Waals surface area contributed by atoms with Gasteiger partial charge in [0.2, 0.25) is 0 Å². The van der Waals surface area contributed by atoms with Crippen LogP contribution in [0.1, 0.15) is 105 Å². The van der Waals surface area contributed by atoms with Crippen LogP contribution in [0, 0.1) is 46.3 Å². The predicted octanol–water partition coefficient (Wildman–Crippen LogP) is 7.60. The average Bonchev–Trinajstić information content (AvgIpc) is 2.99. The van der Waals surface area contributed by atoms with Crippen LogP contribution in [0.4, 0.5) is 0 Å². The van der Waals surface area contributed by atoms with E-state index in [4.69, 9.17) is 0 Å². The van der Waals surface area contributed by atoms with Gasteiger partial charge in [-0.05, 0) is 84.9 Å². The molecule has 0 radical (unpaired) electrons. The van der Waals surface area contributed by atoms with E-state index in [1.807, 2.05) is 0 Å². The fourth-order valence-corrected chi connectivity index (χ4v) is 8.50. The number of fused-ring (bicyclic) bond motifs is 5. The van der Waals surface area contributed by atoms with Crippen molar-refractivity contribution in [2.75, 3.05) is 0 Å². The van der Waals surface area contributed by atoms with E-state index >= 15 is 0 Å². The Morgan fingerprint density at radius 2 is 1.82 bits per heavy atom. The summed E-state index contributed by atoms with van der Waals surface area (Å²) in [7, 11) is 0. The molecular formula is C27H44O. The van der Waals surface area contributed by atoms with E-state index in [-0.39, 0.29) is 0 Å². The molecule has 0 bridgehead atoms. The van der Waals surface area contributed by atoms with Gasteiger partial charge in [-0.1, -0.05) is 65.5 Å². The lowest BCUT2D eigenvalue weighted by Crippen LogP contribution is -2.50. The standard InChI is InChI=1S/C27H44O/c1-18(2)7-6-8-19(3)23-11-12-24-22-10-9-20-17-21(28)13-15-26(20,4)25(22)14-16-27(23,24)5/h9,18-19,22-25H,6-8,10-17H2,1-5H3. The molecule has 3 fully saturated rings. The molecule has 0 amide bonds. The third kappa shape index (κ3) is 3.33. The van der Waals surface area contributed by atoms with Gasteiger partial charge in [0.15, 0.2) is 0 Å².